The number of carbonyl (C=O) groups excluding carboxylic acids is 2. The highest BCUT2D eigenvalue weighted by molar-refractivity contribution is 5.23. The van der Waals surface area contributed by atoms with Crippen LogP contribution in [0.25, 0.3) is 0 Å². The molecule has 0 unspecified atom stereocenters. The van der Waals surface area contributed by atoms with Gasteiger partial charge in [-0.1, -0.05) is 0 Å². The molecule has 0 aromatic carbocycles. The van der Waals surface area contributed by atoms with Gasteiger partial charge >= 0.3 is 12.2 Å². The number of hydrogen-bond acceptors (Lipinski definition) is 2. The Balaban J connectivity index is 3.04. The highest BCUT2D eigenvalue weighted by Gasteiger charge is 1.90. The molecule has 0 fully saturated rings. The molecule has 0 aliphatic heterocycles. The third-order valence-corrected chi connectivity index (χ3v) is 0.998. The maximum Gasteiger partial charge on any atom is 0.422 e. The minimum absolute atomic E-state index is 0.615. The Morgan fingerprint density at radius 3 is 1.60 bits per heavy atom. The van der Waals surface area contributed by atoms with E-state index in [1.54, 1.807) is 12.2 Å². The van der Waals surface area contributed by atoms with Crippen LogP contribution < -0.4 is 9.98 Å². The highest BCUT2D eigenvalue weighted by atomic mass is 16.1. The van der Waals surface area contributed by atoms with Gasteiger partial charge in [-0.2, -0.15) is 19.6 Å². The Bertz CT molecular complexity index is 147. The van der Waals surface area contributed by atoms with Gasteiger partial charge < -0.3 is 0 Å². The number of rotatable bonds is 5. The van der Waals surface area contributed by atoms with Crippen LogP contribution in [0, 0.1) is 0 Å². The fourth-order valence-corrected chi connectivity index (χ4v) is 0.529. The largest absolute Gasteiger partial charge is 0.422 e. The van der Waals surface area contributed by atoms with Crippen molar-refractivity contribution in [1.82, 2.24) is 0 Å². The van der Waals surface area contributed by atoms with E-state index in [1.165, 1.54) is 0 Å². The summed E-state index contributed by atoms with van der Waals surface area (Å²) in [5, 5.41) is 0. The minimum atomic E-state index is 0.615. The first-order chi connectivity index (χ1) is 4.91. The van der Waals surface area contributed by atoms with Crippen molar-refractivity contribution < 1.29 is 19.6 Å². The molecule has 0 radical (unpaired) electrons. The van der Waals surface area contributed by atoms with Crippen LogP contribution in [-0.2, 0) is 9.59 Å². The van der Waals surface area contributed by atoms with Crippen LogP contribution in [0.4, 0.5) is 0 Å². The van der Waals surface area contributed by atoms with Gasteiger partial charge in [0, 0.05) is 12.8 Å². The van der Waals surface area contributed by atoms with Gasteiger partial charge in [-0.3, -0.25) is 0 Å². The molecule has 0 aliphatic rings. The average Bonchev–Trinajstić information content (AvgIpc) is 1.97. The predicted molar refractivity (Wildman–Crippen MR) is 32.3 cm³/mol. The summed E-state index contributed by atoms with van der Waals surface area (Å²) in [7, 11) is 0. The maximum atomic E-state index is 9.58. The van der Waals surface area contributed by atoms with Gasteiger partial charge in [0.05, 0.1) is 0 Å². The van der Waals surface area contributed by atoms with E-state index in [-0.39, 0.29) is 0 Å². The van der Waals surface area contributed by atoms with E-state index in [2.05, 4.69) is 9.98 Å². The molecule has 0 aromatic heterocycles. The Morgan fingerprint density at radius 2 is 1.30 bits per heavy atom. The number of nitrogens with one attached hydrogen (secondary N) is 2. The van der Waals surface area contributed by atoms with Crippen LogP contribution in [-0.4, -0.2) is 25.2 Å². The van der Waals surface area contributed by atoms with Gasteiger partial charge in [-0.25, -0.2) is 0 Å². The Hall–Kier alpha value is -1.24. The van der Waals surface area contributed by atoms with Crippen LogP contribution >= 0.6 is 0 Å². The van der Waals surface area contributed by atoms with Crippen molar-refractivity contribution in [2.75, 3.05) is 13.1 Å². The molecule has 0 saturated heterocycles. The smallest absolute Gasteiger partial charge is 0.166 e. The Labute approximate surface area is 58.7 Å². The van der Waals surface area contributed by atoms with E-state index in [9.17, 15) is 9.59 Å². The van der Waals surface area contributed by atoms with Crippen LogP contribution in [0.5, 0.6) is 0 Å². The molecule has 0 saturated carbocycles. The SMILES string of the molecule is O=C=[NH+]CCCC[NH+]=C=O. The first-order valence-corrected chi connectivity index (χ1v) is 3.12. The van der Waals surface area contributed by atoms with Gasteiger partial charge in [-0.05, 0) is 0 Å². The third kappa shape index (κ3) is 6.76. The van der Waals surface area contributed by atoms with E-state index in [0.717, 1.165) is 12.8 Å². The summed E-state index contributed by atoms with van der Waals surface area (Å²) in [4.78, 5) is 23.9. The number of hydrogen-bond donors (Lipinski definition) is 2. The van der Waals surface area contributed by atoms with E-state index in [1.807, 2.05) is 0 Å². The average molecular weight is 142 g/mol. The topological polar surface area (TPSA) is 62.1 Å². The molecule has 0 atom stereocenters. The van der Waals surface area contributed by atoms with Crippen LogP contribution in [0.1, 0.15) is 12.8 Å². The molecule has 4 nitrogen and oxygen atoms in total. The molecule has 4 heteroatoms. The van der Waals surface area contributed by atoms with Gasteiger partial charge in [0.15, 0.2) is 13.1 Å². The fourth-order valence-electron chi connectivity index (χ4n) is 0.529. The van der Waals surface area contributed by atoms with E-state index in [4.69, 9.17) is 0 Å². The van der Waals surface area contributed by atoms with E-state index in [0.29, 0.717) is 13.1 Å². The van der Waals surface area contributed by atoms with Gasteiger partial charge in [0.1, 0.15) is 0 Å². The zero-order chi connectivity index (χ0) is 7.66. The van der Waals surface area contributed by atoms with Crippen molar-refractivity contribution in [3.63, 3.8) is 0 Å². The second-order valence-electron chi connectivity index (χ2n) is 1.76. The van der Waals surface area contributed by atoms with Crippen molar-refractivity contribution in [1.29, 1.82) is 0 Å². The zero-order valence-electron chi connectivity index (χ0n) is 5.64. The normalized spacial score (nSPS) is 7.60. The first-order valence-electron chi connectivity index (χ1n) is 3.12. The first kappa shape index (κ1) is 8.76. The van der Waals surface area contributed by atoms with Crippen LogP contribution in [0.15, 0.2) is 0 Å². The van der Waals surface area contributed by atoms with Gasteiger partial charge in [-0.15, -0.1) is 0 Å². The molecule has 0 spiro atoms. The second kappa shape index (κ2) is 7.76. The lowest BCUT2D eigenvalue weighted by molar-refractivity contribution is -0.468. The standard InChI is InChI=1S/C6H8N2O2/c9-5-7-3-1-2-4-8-6-10/h1-4H2/p+2. The van der Waals surface area contributed by atoms with Crippen molar-refractivity contribution in [3.8, 4) is 0 Å². The summed E-state index contributed by atoms with van der Waals surface area (Å²) in [5.41, 5.74) is 0. The summed E-state index contributed by atoms with van der Waals surface area (Å²) in [5.74, 6) is 0. The monoisotopic (exact) mass is 142 g/mol. The number of isocyanates is 2. The van der Waals surface area contributed by atoms with E-state index >= 15 is 0 Å². The van der Waals surface area contributed by atoms with Crippen LogP contribution in [0.3, 0.4) is 0 Å². The van der Waals surface area contributed by atoms with Crippen molar-refractivity contribution >= 4 is 12.2 Å². The minimum Gasteiger partial charge on any atom is -0.166 e. The van der Waals surface area contributed by atoms with Gasteiger partial charge in [0.25, 0.3) is 0 Å². The summed E-state index contributed by atoms with van der Waals surface area (Å²) < 4.78 is 0. The molecule has 0 bridgehead atoms. The van der Waals surface area contributed by atoms with Gasteiger partial charge in [0.2, 0.25) is 0 Å². The quantitative estimate of drug-likeness (QED) is 0.239. The fraction of sp³-hybridized carbons (Fsp3) is 0.667. The van der Waals surface area contributed by atoms with E-state index < -0.39 is 0 Å². The van der Waals surface area contributed by atoms with Crippen molar-refractivity contribution in [2.24, 2.45) is 0 Å². The second-order valence-corrected chi connectivity index (χ2v) is 1.76. The molecule has 54 valence electrons. The summed E-state index contributed by atoms with van der Waals surface area (Å²) in [6.07, 6.45) is 4.82. The molecule has 2 N–H and O–H groups in total. The summed E-state index contributed by atoms with van der Waals surface area (Å²) in [6.45, 7) is 1.23. The Morgan fingerprint density at radius 1 is 0.900 bits per heavy atom. The molecule has 0 aliphatic carbocycles. The highest BCUT2D eigenvalue weighted by Crippen LogP contribution is 1.75. The predicted octanol–water partition coefficient (Wildman–Crippen LogP) is -3.40. The maximum absolute atomic E-state index is 9.58. The van der Waals surface area contributed by atoms with Crippen molar-refractivity contribution in [2.45, 2.75) is 12.8 Å². The Kier molecular flexibility index (Phi) is 6.80. The molecule has 0 heterocycles. The summed E-state index contributed by atoms with van der Waals surface area (Å²) >= 11 is 0. The van der Waals surface area contributed by atoms with Crippen LogP contribution in [0.2, 0.25) is 0 Å². The molecule has 0 amide bonds. The lowest BCUT2D eigenvalue weighted by Gasteiger charge is -1.80. The molecular weight excluding hydrogens is 132 g/mol. The summed E-state index contributed by atoms with van der Waals surface area (Å²) in [6, 6.07) is 0. The van der Waals surface area contributed by atoms with Crippen molar-refractivity contribution in [3.05, 3.63) is 0 Å². The lowest BCUT2D eigenvalue weighted by atomic mass is 10.3. The molecular formula is C6H10N2O2+2. The number of unbranched alkanes of at least 4 members (excludes halogenated alkanes) is 1. The lowest BCUT2D eigenvalue weighted by Crippen LogP contribution is -2.69. The molecule has 0 aromatic rings. The molecule has 10 heavy (non-hydrogen) atoms. The zero-order valence-corrected chi connectivity index (χ0v) is 5.64. The third-order valence-electron chi connectivity index (χ3n) is 0.998. The molecule has 0 rings (SSSR count).